The van der Waals surface area contributed by atoms with Gasteiger partial charge >= 0.3 is 5.97 Å². The lowest BCUT2D eigenvalue weighted by Gasteiger charge is -2.03. The molecule has 6 heteroatoms. The van der Waals surface area contributed by atoms with E-state index in [9.17, 15) is 9.59 Å². The van der Waals surface area contributed by atoms with Gasteiger partial charge in [-0.25, -0.2) is 9.78 Å². The molecule has 0 radical (unpaired) electrons. The second-order valence-electron chi connectivity index (χ2n) is 5.70. The Morgan fingerprint density at radius 3 is 2.62 bits per heavy atom. The summed E-state index contributed by atoms with van der Waals surface area (Å²) < 4.78 is 8.53. The van der Waals surface area contributed by atoms with E-state index in [1.165, 1.54) is 6.08 Å². The normalized spacial score (nSPS) is 11.0. The van der Waals surface area contributed by atoms with Gasteiger partial charge in [0.05, 0.1) is 12.9 Å². The van der Waals surface area contributed by atoms with Gasteiger partial charge in [0.25, 0.3) is 0 Å². The van der Waals surface area contributed by atoms with Crippen LogP contribution in [0.5, 0.6) is 0 Å². The molecule has 3 aromatic rings. The van der Waals surface area contributed by atoms with Gasteiger partial charge in [0.2, 0.25) is 0 Å². The van der Waals surface area contributed by atoms with E-state index in [1.807, 2.05) is 29.9 Å². The Kier molecular flexibility index (Phi) is 5.12. The van der Waals surface area contributed by atoms with Crippen LogP contribution in [0.25, 0.3) is 11.8 Å². The number of carbonyl (C=O) groups is 2. The van der Waals surface area contributed by atoms with E-state index in [0.717, 1.165) is 11.4 Å². The zero-order valence-corrected chi connectivity index (χ0v) is 14.6. The van der Waals surface area contributed by atoms with Crippen molar-refractivity contribution in [3.8, 4) is 5.69 Å². The molecule has 2 aromatic heterocycles. The number of ketones is 1. The van der Waals surface area contributed by atoms with E-state index in [0.29, 0.717) is 17.7 Å². The molecule has 0 saturated heterocycles. The molecule has 0 amide bonds. The molecule has 26 heavy (non-hydrogen) atoms. The smallest absolute Gasteiger partial charge is 0.330 e. The third-order valence-electron chi connectivity index (χ3n) is 3.91. The molecule has 0 aliphatic heterocycles. The van der Waals surface area contributed by atoms with Crippen molar-refractivity contribution in [2.45, 2.75) is 6.92 Å². The summed E-state index contributed by atoms with van der Waals surface area (Å²) in [7, 11) is 1.82. The molecular formula is C20H19N3O3. The third-order valence-corrected chi connectivity index (χ3v) is 3.91. The maximum atomic E-state index is 12.7. The number of benzene rings is 1. The molecule has 0 fully saturated rings. The molecule has 0 atom stereocenters. The lowest BCUT2D eigenvalue weighted by Crippen LogP contribution is -2.00. The first-order valence-electron chi connectivity index (χ1n) is 8.22. The second kappa shape index (κ2) is 7.65. The first-order valence-corrected chi connectivity index (χ1v) is 8.22. The number of imidazole rings is 1. The molecule has 1 aromatic carbocycles. The number of rotatable bonds is 6. The van der Waals surface area contributed by atoms with Crippen molar-refractivity contribution in [2.75, 3.05) is 6.61 Å². The standard InChI is InChI=1S/C20H19N3O3/c1-3-26-19(24)9-8-18-12-16(13-22(18)2)20(25)15-4-6-17(7-5-15)23-11-10-21-14-23/h4-14H,3H2,1-2H3/b9-8+. The quantitative estimate of drug-likeness (QED) is 0.390. The minimum Gasteiger partial charge on any atom is -0.463 e. The zero-order chi connectivity index (χ0) is 18.5. The van der Waals surface area contributed by atoms with E-state index < -0.39 is 5.97 Å². The first-order chi connectivity index (χ1) is 12.6. The highest BCUT2D eigenvalue weighted by Crippen LogP contribution is 2.16. The van der Waals surface area contributed by atoms with Crippen LogP contribution in [0, 0.1) is 0 Å². The Bertz CT molecular complexity index is 935. The molecule has 0 spiro atoms. The minimum atomic E-state index is -0.406. The lowest BCUT2D eigenvalue weighted by atomic mass is 10.1. The van der Waals surface area contributed by atoms with Crippen LogP contribution in [0.15, 0.2) is 61.3 Å². The van der Waals surface area contributed by atoms with Gasteiger partial charge in [-0.2, -0.15) is 0 Å². The van der Waals surface area contributed by atoms with Gasteiger partial charge in [0, 0.05) is 54.2 Å². The molecule has 0 unspecified atom stereocenters. The fraction of sp³-hybridized carbons (Fsp3) is 0.150. The van der Waals surface area contributed by atoms with Crippen molar-refractivity contribution in [1.29, 1.82) is 0 Å². The van der Waals surface area contributed by atoms with Gasteiger partial charge in [-0.1, -0.05) is 0 Å². The predicted molar refractivity (Wildman–Crippen MR) is 98.1 cm³/mol. The van der Waals surface area contributed by atoms with Crippen LogP contribution in [0.4, 0.5) is 0 Å². The van der Waals surface area contributed by atoms with E-state index >= 15 is 0 Å². The van der Waals surface area contributed by atoms with Crippen LogP contribution in [0.1, 0.15) is 28.5 Å². The van der Waals surface area contributed by atoms with Crippen LogP contribution < -0.4 is 0 Å². The summed E-state index contributed by atoms with van der Waals surface area (Å²) in [5, 5.41) is 0. The van der Waals surface area contributed by atoms with Crippen LogP contribution in [0.3, 0.4) is 0 Å². The maximum absolute atomic E-state index is 12.7. The van der Waals surface area contributed by atoms with Crippen LogP contribution in [0.2, 0.25) is 0 Å². The highest BCUT2D eigenvalue weighted by Gasteiger charge is 2.12. The van der Waals surface area contributed by atoms with E-state index in [4.69, 9.17) is 4.74 Å². The largest absolute Gasteiger partial charge is 0.463 e. The SMILES string of the molecule is CCOC(=O)/C=C/c1cc(C(=O)c2ccc(-n3ccnc3)cc2)cn1C. The third kappa shape index (κ3) is 3.80. The molecule has 0 N–H and O–H groups in total. The van der Waals surface area contributed by atoms with Crippen molar-refractivity contribution < 1.29 is 14.3 Å². The Labute approximate surface area is 151 Å². The first kappa shape index (κ1) is 17.4. The summed E-state index contributed by atoms with van der Waals surface area (Å²) >= 11 is 0. The van der Waals surface area contributed by atoms with Crippen LogP contribution in [-0.4, -0.2) is 32.5 Å². The molecule has 2 heterocycles. The Morgan fingerprint density at radius 2 is 1.96 bits per heavy atom. The molecule has 132 valence electrons. The highest BCUT2D eigenvalue weighted by atomic mass is 16.5. The fourth-order valence-electron chi connectivity index (χ4n) is 2.58. The van der Waals surface area contributed by atoms with Gasteiger partial charge in [-0.15, -0.1) is 0 Å². The topological polar surface area (TPSA) is 66.1 Å². The predicted octanol–water partition coefficient (Wildman–Crippen LogP) is 3.02. The van der Waals surface area contributed by atoms with E-state index in [2.05, 4.69) is 4.98 Å². The van der Waals surface area contributed by atoms with Crippen molar-refractivity contribution in [3.05, 3.63) is 78.1 Å². The van der Waals surface area contributed by atoms with Gasteiger partial charge in [-0.05, 0) is 43.3 Å². The molecule has 0 aliphatic carbocycles. The monoisotopic (exact) mass is 349 g/mol. The highest BCUT2D eigenvalue weighted by molar-refractivity contribution is 6.09. The molecule has 3 rings (SSSR count). The summed E-state index contributed by atoms with van der Waals surface area (Å²) in [6, 6.07) is 9.08. The molecular weight excluding hydrogens is 330 g/mol. The molecule has 6 nitrogen and oxygen atoms in total. The van der Waals surface area contributed by atoms with Crippen LogP contribution in [-0.2, 0) is 16.6 Å². The van der Waals surface area contributed by atoms with Gasteiger partial charge < -0.3 is 13.9 Å². The van der Waals surface area contributed by atoms with Gasteiger partial charge in [0.15, 0.2) is 5.78 Å². The minimum absolute atomic E-state index is 0.0754. The summed E-state index contributed by atoms with van der Waals surface area (Å²) in [6.45, 7) is 2.08. The Balaban J connectivity index is 1.78. The number of aromatic nitrogens is 3. The number of ether oxygens (including phenoxy) is 1. The van der Waals surface area contributed by atoms with Crippen molar-refractivity contribution in [2.24, 2.45) is 7.05 Å². The Morgan fingerprint density at radius 1 is 1.19 bits per heavy atom. The number of nitrogens with zero attached hydrogens (tertiary/aromatic N) is 3. The number of hydrogen-bond donors (Lipinski definition) is 0. The van der Waals surface area contributed by atoms with Crippen molar-refractivity contribution in [1.82, 2.24) is 14.1 Å². The van der Waals surface area contributed by atoms with E-state index in [-0.39, 0.29) is 5.78 Å². The summed E-state index contributed by atoms with van der Waals surface area (Å²) in [5.74, 6) is -0.481. The number of carbonyl (C=O) groups excluding carboxylic acids is 2. The van der Waals surface area contributed by atoms with Crippen molar-refractivity contribution >= 4 is 17.8 Å². The van der Waals surface area contributed by atoms with Crippen LogP contribution >= 0.6 is 0 Å². The maximum Gasteiger partial charge on any atom is 0.330 e. The van der Waals surface area contributed by atoms with Gasteiger partial charge in [-0.3, -0.25) is 4.79 Å². The average molecular weight is 349 g/mol. The number of hydrogen-bond acceptors (Lipinski definition) is 4. The summed E-state index contributed by atoms with van der Waals surface area (Å²) in [6.07, 6.45) is 9.99. The summed E-state index contributed by atoms with van der Waals surface area (Å²) in [4.78, 5) is 28.1. The summed E-state index contributed by atoms with van der Waals surface area (Å²) in [5.41, 5.74) is 2.84. The number of esters is 1. The zero-order valence-electron chi connectivity index (χ0n) is 14.6. The Hall–Kier alpha value is -3.41. The lowest BCUT2D eigenvalue weighted by molar-refractivity contribution is -0.137. The molecule has 0 bridgehead atoms. The van der Waals surface area contributed by atoms with Crippen molar-refractivity contribution in [3.63, 3.8) is 0 Å². The van der Waals surface area contributed by atoms with Gasteiger partial charge in [0.1, 0.15) is 0 Å². The molecule has 0 saturated carbocycles. The fourth-order valence-corrected chi connectivity index (χ4v) is 2.58. The second-order valence-corrected chi connectivity index (χ2v) is 5.70. The average Bonchev–Trinajstić information content (AvgIpc) is 3.30. The number of aryl methyl sites for hydroxylation is 1. The van der Waals surface area contributed by atoms with E-state index in [1.54, 1.807) is 54.5 Å². The molecule has 0 aliphatic rings.